The number of nitrogens with one attached hydrogen (secondary N) is 1. The highest BCUT2D eigenvalue weighted by Crippen LogP contribution is 2.39. The van der Waals surface area contributed by atoms with Crippen LogP contribution >= 0.6 is 0 Å². The van der Waals surface area contributed by atoms with Crippen LogP contribution in [-0.2, 0) is 9.59 Å². The van der Waals surface area contributed by atoms with Crippen molar-refractivity contribution in [3.8, 4) is 0 Å². The number of nitrogens with zero attached hydrogens (tertiary/aromatic N) is 3. The first kappa shape index (κ1) is 23.8. The van der Waals surface area contributed by atoms with Gasteiger partial charge in [-0.05, 0) is 56.9 Å². The van der Waals surface area contributed by atoms with E-state index in [4.69, 9.17) is 0 Å². The summed E-state index contributed by atoms with van der Waals surface area (Å²) in [7, 11) is 0. The molecule has 3 amide bonds. The van der Waals surface area contributed by atoms with Crippen LogP contribution in [-0.4, -0.2) is 65.4 Å². The maximum Gasteiger partial charge on any atom is 0.254 e. The van der Waals surface area contributed by atoms with Crippen LogP contribution in [0, 0.1) is 6.92 Å². The molecule has 1 spiro atoms. The van der Waals surface area contributed by atoms with Gasteiger partial charge in [-0.15, -0.1) is 0 Å². The summed E-state index contributed by atoms with van der Waals surface area (Å²) in [6.07, 6.45) is 1.90. The van der Waals surface area contributed by atoms with Crippen molar-refractivity contribution in [1.82, 2.24) is 15.1 Å². The minimum atomic E-state index is -0.749. The van der Waals surface area contributed by atoms with Gasteiger partial charge in [-0.25, -0.2) is 0 Å². The molecule has 1 atom stereocenters. The van der Waals surface area contributed by atoms with Gasteiger partial charge in [-0.1, -0.05) is 43.3 Å². The lowest BCUT2D eigenvalue weighted by Crippen LogP contribution is -2.57. The van der Waals surface area contributed by atoms with Gasteiger partial charge in [-0.3, -0.25) is 14.4 Å². The fourth-order valence-electron chi connectivity index (χ4n) is 4.98. The summed E-state index contributed by atoms with van der Waals surface area (Å²) in [5.41, 5.74) is 1.87. The Labute approximate surface area is 201 Å². The van der Waals surface area contributed by atoms with Crippen molar-refractivity contribution in [2.75, 3.05) is 31.2 Å². The van der Waals surface area contributed by atoms with Crippen molar-refractivity contribution in [2.45, 2.75) is 51.6 Å². The van der Waals surface area contributed by atoms with Gasteiger partial charge in [0.25, 0.3) is 11.8 Å². The number of amides is 3. The quantitative estimate of drug-likeness (QED) is 0.716. The molecule has 7 nitrogen and oxygen atoms in total. The summed E-state index contributed by atoms with van der Waals surface area (Å²) in [5.74, 6) is -0.159. The molecule has 1 unspecified atom stereocenters. The first-order chi connectivity index (χ1) is 16.4. The summed E-state index contributed by atoms with van der Waals surface area (Å²) >= 11 is 0. The predicted molar refractivity (Wildman–Crippen MR) is 132 cm³/mol. The minimum absolute atomic E-state index is 0.00874. The van der Waals surface area contributed by atoms with E-state index in [1.54, 1.807) is 4.90 Å². The lowest BCUT2D eigenvalue weighted by molar-refractivity contribution is -0.137. The van der Waals surface area contributed by atoms with E-state index in [1.165, 1.54) is 0 Å². The molecule has 0 saturated carbocycles. The van der Waals surface area contributed by atoms with Crippen molar-refractivity contribution in [3.05, 3.63) is 65.7 Å². The van der Waals surface area contributed by atoms with Crippen LogP contribution in [0.1, 0.15) is 49.0 Å². The fourth-order valence-corrected chi connectivity index (χ4v) is 4.98. The molecule has 2 heterocycles. The highest BCUT2D eigenvalue weighted by atomic mass is 16.2. The number of benzene rings is 2. The molecule has 180 valence electrons. The smallest absolute Gasteiger partial charge is 0.254 e. The van der Waals surface area contributed by atoms with E-state index in [0.717, 1.165) is 17.7 Å². The van der Waals surface area contributed by atoms with Gasteiger partial charge in [0.15, 0.2) is 0 Å². The Bertz CT molecular complexity index is 1050. The second-order valence-corrected chi connectivity index (χ2v) is 9.42. The molecule has 1 N–H and O–H groups in total. The van der Waals surface area contributed by atoms with Crippen molar-refractivity contribution >= 4 is 23.4 Å². The van der Waals surface area contributed by atoms with Crippen LogP contribution in [0.5, 0.6) is 0 Å². The number of rotatable bonds is 6. The summed E-state index contributed by atoms with van der Waals surface area (Å²) in [4.78, 5) is 45.1. The van der Waals surface area contributed by atoms with E-state index in [2.05, 4.69) is 10.2 Å². The van der Waals surface area contributed by atoms with Crippen LogP contribution in [0.25, 0.3) is 0 Å². The van der Waals surface area contributed by atoms with Crippen LogP contribution in [0.2, 0.25) is 0 Å². The average molecular weight is 463 g/mol. The second kappa shape index (κ2) is 9.87. The van der Waals surface area contributed by atoms with Crippen LogP contribution in [0.3, 0.4) is 0 Å². The Hall–Kier alpha value is -3.35. The van der Waals surface area contributed by atoms with Gasteiger partial charge in [-0.2, -0.15) is 0 Å². The zero-order chi connectivity index (χ0) is 24.3. The third-order valence-electron chi connectivity index (χ3n) is 7.19. The van der Waals surface area contributed by atoms with E-state index in [-0.39, 0.29) is 30.3 Å². The first-order valence-electron chi connectivity index (χ1n) is 12.1. The summed E-state index contributed by atoms with van der Waals surface area (Å²) in [5, 5.41) is 2.96. The summed E-state index contributed by atoms with van der Waals surface area (Å²) < 4.78 is 0. The molecule has 2 aliphatic heterocycles. The number of anilines is 1. The highest BCUT2D eigenvalue weighted by Gasteiger charge is 2.54. The van der Waals surface area contributed by atoms with Gasteiger partial charge in [0.05, 0.1) is 6.67 Å². The predicted octanol–water partition coefficient (Wildman–Crippen LogP) is 3.19. The number of hydrogen-bond donors (Lipinski definition) is 1. The van der Waals surface area contributed by atoms with Crippen molar-refractivity contribution in [2.24, 2.45) is 0 Å². The fraction of sp³-hybridized carbons (Fsp3) is 0.444. The van der Waals surface area contributed by atoms with E-state index < -0.39 is 5.54 Å². The number of hydrogen-bond acceptors (Lipinski definition) is 4. The Morgan fingerprint density at radius 1 is 1.03 bits per heavy atom. The molecule has 0 radical (unpaired) electrons. The van der Waals surface area contributed by atoms with E-state index in [9.17, 15) is 14.4 Å². The average Bonchev–Trinajstić information content (AvgIpc) is 3.11. The maximum atomic E-state index is 13.8. The Balaban J connectivity index is 1.54. The molecular formula is C27H34N4O3. The molecule has 34 heavy (non-hydrogen) atoms. The molecular weight excluding hydrogens is 428 g/mol. The molecule has 2 saturated heterocycles. The van der Waals surface area contributed by atoms with Crippen molar-refractivity contribution < 1.29 is 14.4 Å². The number of carbonyl (C=O) groups excluding carboxylic acids is 3. The van der Waals surface area contributed by atoms with E-state index in [0.29, 0.717) is 38.2 Å². The molecule has 0 aromatic heterocycles. The van der Waals surface area contributed by atoms with Gasteiger partial charge in [0.1, 0.15) is 12.1 Å². The monoisotopic (exact) mass is 462 g/mol. The topological polar surface area (TPSA) is 73.0 Å². The molecule has 4 rings (SSSR count). The van der Waals surface area contributed by atoms with Crippen molar-refractivity contribution in [3.63, 3.8) is 0 Å². The molecule has 2 aromatic rings. The maximum absolute atomic E-state index is 13.8. The SMILES string of the molecule is CCC(C)NC(=O)CN1CN(c2ccccc2)C2(CCN(C(=O)c3ccccc3C)CC2)C1=O. The number of aryl methyl sites for hydroxylation is 1. The molecule has 2 aliphatic rings. The van der Waals surface area contributed by atoms with Gasteiger partial charge in [0.2, 0.25) is 5.91 Å². The largest absolute Gasteiger partial charge is 0.352 e. The number of likely N-dealkylation sites (tertiary alicyclic amines) is 1. The molecule has 7 heteroatoms. The second-order valence-electron chi connectivity index (χ2n) is 9.42. The standard InChI is InChI=1S/C27H34N4O3/c1-4-21(3)28-24(32)18-30-19-31(22-11-6-5-7-12-22)27(26(30)34)14-16-29(17-15-27)25(33)23-13-9-8-10-20(23)2/h5-13,21H,4,14-19H2,1-3H3,(H,28,32). The number of para-hydroxylation sites is 1. The van der Waals surface area contributed by atoms with Gasteiger partial charge in [0, 0.05) is 30.4 Å². The normalized spacial score (nSPS) is 18.3. The van der Waals surface area contributed by atoms with Gasteiger partial charge < -0.3 is 20.0 Å². The van der Waals surface area contributed by atoms with Gasteiger partial charge >= 0.3 is 0 Å². The van der Waals surface area contributed by atoms with Crippen LogP contribution in [0.15, 0.2) is 54.6 Å². The Morgan fingerprint density at radius 2 is 1.68 bits per heavy atom. The highest BCUT2D eigenvalue weighted by molar-refractivity contribution is 5.98. The van der Waals surface area contributed by atoms with E-state index >= 15 is 0 Å². The van der Waals surface area contributed by atoms with Crippen LogP contribution < -0.4 is 10.2 Å². The molecule has 0 aliphatic carbocycles. The third-order valence-corrected chi connectivity index (χ3v) is 7.19. The lowest BCUT2D eigenvalue weighted by Gasteiger charge is -2.43. The van der Waals surface area contributed by atoms with Crippen molar-refractivity contribution in [1.29, 1.82) is 0 Å². The van der Waals surface area contributed by atoms with Crippen LogP contribution in [0.4, 0.5) is 5.69 Å². The summed E-state index contributed by atoms with van der Waals surface area (Å²) in [6, 6.07) is 17.6. The Morgan fingerprint density at radius 3 is 2.32 bits per heavy atom. The zero-order valence-electron chi connectivity index (χ0n) is 20.3. The summed E-state index contributed by atoms with van der Waals surface area (Å²) in [6.45, 7) is 7.32. The first-order valence-corrected chi connectivity index (χ1v) is 12.1. The lowest BCUT2D eigenvalue weighted by atomic mass is 9.85. The number of carbonyl (C=O) groups is 3. The molecule has 0 bridgehead atoms. The number of piperidine rings is 1. The zero-order valence-corrected chi connectivity index (χ0v) is 20.3. The third kappa shape index (κ3) is 4.52. The molecule has 2 fully saturated rings. The molecule has 2 aromatic carbocycles. The van der Waals surface area contributed by atoms with E-state index in [1.807, 2.05) is 80.3 Å². The minimum Gasteiger partial charge on any atom is -0.352 e. The Kier molecular flexibility index (Phi) is 6.91.